The molecule has 3 rings (SSSR count). The highest BCUT2D eigenvalue weighted by Crippen LogP contribution is 2.28. The van der Waals surface area contributed by atoms with E-state index in [1.54, 1.807) is 4.90 Å². The first-order valence-electron chi connectivity index (χ1n) is 7.24. The maximum atomic E-state index is 12.6. The van der Waals surface area contributed by atoms with Gasteiger partial charge in [-0.2, -0.15) is 0 Å². The Morgan fingerprint density at radius 3 is 3.00 bits per heavy atom. The molecule has 0 spiro atoms. The number of amides is 1. The lowest BCUT2D eigenvalue weighted by molar-refractivity contribution is 0.000882. The first-order chi connectivity index (χ1) is 10.5. The van der Waals surface area contributed by atoms with Crippen LogP contribution in [0.4, 0.5) is 5.13 Å². The summed E-state index contributed by atoms with van der Waals surface area (Å²) in [5, 5.41) is 19.7. The number of carbonyl (C=O) groups excluding carboxylic acids is 1. The number of thiazole rings is 1. The van der Waals surface area contributed by atoms with Crippen LogP contribution >= 0.6 is 11.3 Å². The summed E-state index contributed by atoms with van der Waals surface area (Å²) >= 11 is 1.36. The van der Waals surface area contributed by atoms with E-state index in [-0.39, 0.29) is 25.0 Å². The predicted octanol–water partition coefficient (Wildman–Crippen LogP) is 1.00. The van der Waals surface area contributed by atoms with E-state index >= 15 is 0 Å². The van der Waals surface area contributed by atoms with Crippen LogP contribution in [0.5, 0.6) is 0 Å². The molecule has 0 saturated carbocycles. The number of benzene rings is 1. The number of fused-ring (bicyclic) bond motifs is 1. The Morgan fingerprint density at radius 2 is 2.32 bits per heavy atom. The van der Waals surface area contributed by atoms with Gasteiger partial charge in [0.05, 0.1) is 16.3 Å². The lowest BCUT2D eigenvalue weighted by Gasteiger charge is -2.35. The van der Waals surface area contributed by atoms with Gasteiger partial charge in [0.2, 0.25) is 0 Å². The molecule has 7 heteroatoms. The van der Waals surface area contributed by atoms with Gasteiger partial charge < -0.3 is 20.8 Å². The molecule has 1 aliphatic rings. The molecule has 1 aromatic carbocycles. The Kier molecular flexibility index (Phi) is 4.03. The molecule has 1 amide bonds. The van der Waals surface area contributed by atoms with Crippen molar-refractivity contribution in [3.8, 4) is 0 Å². The minimum Gasteiger partial charge on any atom is -0.396 e. The summed E-state index contributed by atoms with van der Waals surface area (Å²) < 4.78 is 0.895. The molecule has 2 atom stereocenters. The highest BCUT2D eigenvalue weighted by Gasteiger charge is 2.30. The molecule has 4 N–H and O–H groups in total. The fourth-order valence-electron chi connectivity index (χ4n) is 2.90. The molecule has 0 radical (unpaired) electrons. The van der Waals surface area contributed by atoms with E-state index in [0.717, 1.165) is 15.8 Å². The second kappa shape index (κ2) is 5.83. The summed E-state index contributed by atoms with van der Waals surface area (Å²) in [7, 11) is 0. The maximum absolute atomic E-state index is 12.6. The molecule has 1 aliphatic heterocycles. The number of nitrogens with zero attached hydrogens (tertiary/aromatic N) is 2. The van der Waals surface area contributed by atoms with Gasteiger partial charge in [-0.25, -0.2) is 4.98 Å². The van der Waals surface area contributed by atoms with Gasteiger partial charge in [0.1, 0.15) is 0 Å². The number of β-amino-alcohol motifs (C(OH)–C–C–N with tert-alkyl or cyclic N) is 1. The summed E-state index contributed by atoms with van der Waals surface area (Å²) in [5.41, 5.74) is 8.07. The van der Waals surface area contributed by atoms with Gasteiger partial charge in [-0.05, 0) is 31.0 Å². The van der Waals surface area contributed by atoms with Gasteiger partial charge in [0.25, 0.3) is 5.91 Å². The van der Waals surface area contributed by atoms with E-state index in [4.69, 9.17) is 5.73 Å². The molecule has 22 heavy (non-hydrogen) atoms. The van der Waals surface area contributed by atoms with E-state index in [0.29, 0.717) is 23.7 Å². The second-order valence-corrected chi connectivity index (χ2v) is 6.80. The Morgan fingerprint density at radius 1 is 1.55 bits per heavy atom. The highest BCUT2D eigenvalue weighted by molar-refractivity contribution is 7.22. The van der Waals surface area contributed by atoms with Crippen LogP contribution in [0.3, 0.4) is 0 Å². The standard InChI is InChI=1S/C15H19N3O3S/c1-8-4-10(5-12-13(8)17-15(16)22-12)14(21)18-3-2-9(7-19)11(20)6-18/h4-5,9,11,19-20H,2-3,6-7H2,1H3,(H2,16,17). The van der Waals surface area contributed by atoms with Crippen LogP contribution in [0.1, 0.15) is 22.3 Å². The summed E-state index contributed by atoms with van der Waals surface area (Å²) in [5.74, 6) is -0.248. The van der Waals surface area contributed by atoms with Crippen LogP contribution in [0, 0.1) is 12.8 Å². The van der Waals surface area contributed by atoms with Crippen molar-refractivity contribution in [2.45, 2.75) is 19.4 Å². The quantitative estimate of drug-likeness (QED) is 0.766. The summed E-state index contributed by atoms with van der Waals surface area (Å²) in [4.78, 5) is 18.6. The van der Waals surface area contributed by atoms with E-state index < -0.39 is 6.10 Å². The summed E-state index contributed by atoms with van der Waals surface area (Å²) in [6.45, 7) is 2.66. The third-order valence-corrected chi connectivity index (χ3v) is 5.02. The molecular formula is C15H19N3O3S. The average Bonchev–Trinajstić information content (AvgIpc) is 2.87. The number of piperidine rings is 1. The topological polar surface area (TPSA) is 99.7 Å². The number of aromatic nitrogens is 1. The molecular weight excluding hydrogens is 302 g/mol. The minimum absolute atomic E-state index is 0.0472. The number of aliphatic hydroxyl groups is 2. The molecule has 0 bridgehead atoms. The van der Waals surface area contributed by atoms with Crippen LogP contribution < -0.4 is 5.73 Å². The van der Waals surface area contributed by atoms with Crippen molar-refractivity contribution in [3.63, 3.8) is 0 Å². The Balaban J connectivity index is 1.86. The smallest absolute Gasteiger partial charge is 0.254 e. The zero-order valence-corrected chi connectivity index (χ0v) is 13.1. The maximum Gasteiger partial charge on any atom is 0.254 e. The van der Waals surface area contributed by atoms with Gasteiger partial charge in [-0.3, -0.25) is 4.79 Å². The Labute approximate surface area is 132 Å². The van der Waals surface area contributed by atoms with Crippen molar-refractivity contribution in [1.29, 1.82) is 0 Å². The van der Waals surface area contributed by atoms with E-state index in [1.807, 2.05) is 19.1 Å². The molecule has 1 saturated heterocycles. The molecule has 118 valence electrons. The van der Waals surface area contributed by atoms with Gasteiger partial charge in [0.15, 0.2) is 5.13 Å². The lowest BCUT2D eigenvalue weighted by atomic mass is 9.94. The van der Waals surface area contributed by atoms with Crippen LogP contribution in [-0.2, 0) is 0 Å². The zero-order valence-electron chi connectivity index (χ0n) is 12.3. The zero-order chi connectivity index (χ0) is 15.9. The van der Waals surface area contributed by atoms with Crippen molar-refractivity contribution in [3.05, 3.63) is 23.3 Å². The van der Waals surface area contributed by atoms with Crippen molar-refractivity contribution >= 4 is 32.6 Å². The summed E-state index contributed by atoms with van der Waals surface area (Å²) in [6.07, 6.45) is -0.0652. The SMILES string of the molecule is Cc1cc(C(=O)N2CCC(CO)C(O)C2)cc2sc(N)nc12. The van der Waals surface area contributed by atoms with Crippen LogP contribution in [0.15, 0.2) is 12.1 Å². The molecule has 1 aromatic heterocycles. The normalized spacial score (nSPS) is 22.2. The third kappa shape index (κ3) is 2.67. The number of anilines is 1. The predicted molar refractivity (Wildman–Crippen MR) is 85.9 cm³/mol. The molecule has 6 nitrogen and oxygen atoms in total. The van der Waals surface area contributed by atoms with Crippen molar-refractivity contribution in [2.75, 3.05) is 25.4 Å². The van der Waals surface area contributed by atoms with Crippen LogP contribution in [-0.4, -0.2) is 51.8 Å². The van der Waals surface area contributed by atoms with Gasteiger partial charge in [0, 0.05) is 31.2 Å². The third-order valence-electron chi connectivity index (χ3n) is 4.19. The largest absolute Gasteiger partial charge is 0.396 e. The number of rotatable bonds is 2. The first kappa shape index (κ1) is 15.2. The van der Waals surface area contributed by atoms with E-state index in [1.165, 1.54) is 11.3 Å². The average molecular weight is 321 g/mol. The molecule has 2 aromatic rings. The number of carbonyl (C=O) groups is 1. The van der Waals surface area contributed by atoms with Gasteiger partial charge in [-0.15, -0.1) is 0 Å². The second-order valence-electron chi connectivity index (χ2n) is 5.74. The number of hydrogen-bond donors (Lipinski definition) is 3. The van der Waals surface area contributed by atoms with Gasteiger partial charge >= 0.3 is 0 Å². The number of aryl methyl sites for hydroxylation is 1. The first-order valence-corrected chi connectivity index (χ1v) is 8.06. The number of likely N-dealkylation sites (tertiary alicyclic amines) is 1. The fraction of sp³-hybridized carbons (Fsp3) is 0.467. The molecule has 2 heterocycles. The van der Waals surface area contributed by atoms with Crippen molar-refractivity contribution < 1.29 is 15.0 Å². The highest BCUT2D eigenvalue weighted by atomic mass is 32.1. The number of nitrogens with two attached hydrogens (primary N) is 1. The lowest BCUT2D eigenvalue weighted by Crippen LogP contribution is -2.47. The molecule has 0 aliphatic carbocycles. The molecule has 1 fully saturated rings. The monoisotopic (exact) mass is 321 g/mol. The van der Waals surface area contributed by atoms with Crippen LogP contribution in [0.25, 0.3) is 10.2 Å². The fourth-order valence-corrected chi connectivity index (χ4v) is 3.75. The van der Waals surface area contributed by atoms with Gasteiger partial charge in [-0.1, -0.05) is 11.3 Å². The van der Waals surface area contributed by atoms with Crippen molar-refractivity contribution in [1.82, 2.24) is 9.88 Å². The number of aliphatic hydroxyl groups excluding tert-OH is 2. The summed E-state index contributed by atoms with van der Waals surface area (Å²) in [6, 6.07) is 3.62. The molecule has 2 unspecified atom stereocenters. The Bertz CT molecular complexity index is 715. The van der Waals surface area contributed by atoms with Crippen molar-refractivity contribution in [2.24, 2.45) is 5.92 Å². The van der Waals surface area contributed by atoms with E-state index in [2.05, 4.69) is 4.98 Å². The number of nitrogen functional groups attached to an aromatic ring is 1. The van der Waals surface area contributed by atoms with Crippen LogP contribution in [0.2, 0.25) is 0 Å². The Hall–Kier alpha value is -1.70. The van der Waals surface area contributed by atoms with E-state index in [9.17, 15) is 15.0 Å². The minimum atomic E-state index is -0.674. The number of hydrogen-bond acceptors (Lipinski definition) is 6.